The van der Waals surface area contributed by atoms with Gasteiger partial charge in [-0.05, 0) is 37.1 Å². The number of amides is 3. The standard InChI is InChI=1S/C19H21N3O5/c1-26-17(27-2)11-21(18(24)13-5-6-13)15-9-16(23)22(19(15)25)14-7-3-12(10-20)4-8-14/h3-4,7-8,13,15,17H,5-6,9,11H2,1-2H3. The summed E-state index contributed by atoms with van der Waals surface area (Å²) in [6, 6.07) is 7.31. The molecular formula is C19H21N3O5. The molecule has 1 unspecified atom stereocenters. The molecule has 0 aromatic heterocycles. The Labute approximate surface area is 157 Å². The number of ether oxygens (including phenoxy) is 2. The van der Waals surface area contributed by atoms with E-state index in [1.165, 1.54) is 19.1 Å². The SMILES string of the molecule is COC(CN(C(=O)C1CC1)C1CC(=O)N(c2ccc(C#N)cc2)C1=O)OC. The first-order valence-electron chi connectivity index (χ1n) is 8.73. The Morgan fingerprint density at radius 3 is 2.41 bits per heavy atom. The predicted molar refractivity (Wildman–Crippen MR) is 94.3 cm³/mol. The third kappa shape index (κ3) is 3.84. The molecule has 1 saturated heterocycles. The molecule has 2 aliphatic rings. The van der Waals surface area contributed by atoms with Crippen molar-refractivity contribution in [2.45, 2.75) is 31.6 Å². The fourth-order valence-electron chi connectivity index (χ4n) is 3.16. The van der Waals surface area contributed by atoms with Gasteiger partial charge in [-0.15, -0.1) is 0 Å². The zero-order valence-corrected chi connectivity index (χ0v) is 15.3. The highest BCUT2D eigenvalue weighted by Crippen LogP contribution is 2.34. The Bertz CT molecular complexity index is 778. The van der Waals surface area contributed by atoms with Crippen LogP contribution in [-0.4, -0.2) is 55.7 Å². The van der Waals surface area contributed by atoms with Gasteiger partial charge in [0.05, 0.1) is 30.3 Å². The van der Waals surface area contributed by atoms with Crippen LogP contribution in [0.3, 0.4) is 0 Å². The normalized spacial score (nSPS) is 19.5. The lowest BCUT2D eigenvalue weighted by atomic mass is 10.1. The molecule has 1 aromatic carbocycles. The van der Waals surface area contributed by atoms with Gasteiger partial charge in [0.2, 0.25) is 11.8 Å². The minimum atomic E-state index is -0.881. The van der Waals surface area contributed by atoms with Crippen molar-refractivity contribution in [3.63, 3.8) is 0 Å². The van der Waals surface area contributed by atoms with Gasteiger partial charge in [-0.3, -0.25) is 14.4 Å². The van der Waals surface area contributed by atoms with E-state index in [1.807, 2.05) is 6.07 Å². The van der Waals surface area contributed by atoms with Crippen molar-refractivity contribution in [2.24, 2.45) is 5.92 Å². The number of hydrogen-bond donors (Lipinski definition) is 0. The molecule has 0 spiro atoms. The maximum absolute atomic E-state index is 13.0. The second-order valence-electron chi connectivity index (χ2n) is 6.61. The molecular weight excluding hydrogens is 350 g/mol. The van der Waals surface area contributed by atoms with E-state index in [9.17, 15) is 14.4 Å². The number of anilines is 1. The second kappa shape index (κ2) is 7.86. The van der Waals surface area contributed by atoms with Crippen molar-refractivity contribution in [3.8, 4) is 6.07 Å². The summed E-state index contributed by atoms with van der Waals surface area (Å²) in [4.78, 5) is 40.7. The van der Waals surface area contributed by atoms with Crippen molar-refractivity contribution in [1.82, 2.24) is 4.90 Å². The van der Waals surface area contributed by atoms with E-state index in [-0.39, 0.29) is 30.7 Å². The largest absolute Gasteiger partial charge is 0.354 e. The van der Waals surface area contributed by atoms with Crippen LogP contribution >= 0.6 is 0 Å². The molecule has 2 fully saturated rings. The van der Waals surface area contributed by atoms with E-state index in [4.69, 9.17) is 14.7 Å². The number of benzene rings is 1. The van der Waals surface area contributed by atoms with Gasteiger partial charge in [0, 0.05) is 20.1 Å². The van der Waals surface area contributed by atoms with Gasteiger partial charge in [-0.1, -0.05) is 0 Å². The van der Waals surface area contributed by atoms with Crippen LogP contribution in [0.1, 0.15) is 24.8 Å². The Kier molecular flexibility index (Phi) is 5.54. The number of nitriles is 1. The monoisotopic (exact) mass is 371 g/mol. The lowest BCUT2D eigenvalue weighted by Gasteiger charge is -2.30. The molecule has 1 heterocycles. The third-order valence-corrected chi connectivity index (χ3v) is 4.83. The van der Waals surface area contributed by atoms with Gasteiger partial charge in [0.25, 0.3) is 5.91 Å². The lowest BCUT2D eigenvalue weighted by Crippen LogP contribution is -2.49. The van der Waals surface area contributed by atoms with Crippen LogP contribution in [0, 0.1) is 17.2 Å². The van der Waals surface area contributed by atoms with Crippen LogP contribution in [0.5, 0.6) is 0 Å². The van der Waals surface area contributed by atoms with Crippen molar-refractivity contribution in [1.29, 1.82) is 5.26 Å². The summed E-state index contributed by atoms with van der Waals surface area (Å²) >= 11 is 0. The van der Waals surface area contributed by atoms with Crippen LogP contribution in [0.4, 0.5) is 5.69 Å². The van der Waals surface area contributed by atoms with E-state index < -0.39 is 18.2 Å². The first-order valence-corrected chi connectivity index (χ1v) is 8.73. The van der Waals surface area contributed by atoms with Crippen molar-refractivity contribution < 1.29 is 23.9 Å². The number of nitrogens with zero attached hydrogens (tertiary/aromatic N) is 3. The first kappa shape index (κ1) is 19.0. The summed E-state index contributed by atoms with van der Waals surface area (Å²) in [6.45, 7) is 0.0766. The average Bonchev–Trinajstić information content (AvgIpc) is 3.49. The zero-order valence-electron chi connectivity index (χ0n) is 15.3. The Balaban J connectivity index is 1.84. The van der Waals surface area contributed by atoms with Gasteiger partial charge in [0.15, 0.2) is 6.29 Å². The molecule has 1 saturated carbocycles. The summed E-state index contributed by atoms with van der Waals surface area (Å²) in [5, 5.41) is 8.90. The molecule has 0 N–H and O–H groups in total. The quantitative estimate of drug-likeness (QED) is 0.525. The fourth-order valence-corrected chi connectivity index (χ4v) is 3.16. The molecule has 8 heteroatoms. The van der Waals surface area contributed by atoms with Gasteiger partial charge < -0.3 is 14.4 Å². The highest BCUT2D eigenvalue weighted by Gasteiger charge is 2.47. The van der Waals surface area contributed by atoms with Gasteiger partial charge in [-0.25, -0.2) is 4.90 Å². The maximum atomic E-state index is 13.0. The molecule has 1 aliphatic heterocycles. The molecule has 3 amide bonds. The Hall–Kier alpha value is -2.76. The zero-order chi connectivity index (χ0) is 19.6. The minimum absolute atomic E-state index is 0.0766. The van der Waals surface area contributed by atoms with E-state index in [0.717, 1.165) is 17.7 Å². The summed E-state index contributed by atoms with van der Waals surface area (Å²) in [5.74, 6) is -1.09. The number of rotatable bonds is 7. The summed E-state index contributed by atoms with van der Waals surface area (Å²) < 4.78 is 10.4. The topological polar surface area (TPSA) is 99.9 Å². The van der Waals surface area contributed by atoms with E-state index in [2.05, 4.69) is 0 Å². The first-order chi connectivity index (χ1) is 13.0. The van der Waals surface area contributed by atoms with Crippen molar-refractivity contribution in [3.05, 3.63) is 29.8 Å². The highest BCUT2D eigenvalue weighted by atomic mass is 16.7. The van der Waals surface area contributed by atoms with Crippen LogP contribution in [0.15, 0.2) is 24.3 Å². The van der Waals surface area contributed by atoms with Crippen molar-refractivity contribution in [2.75, 3.05) is 25.7 Å². The molecule has 3 rings (SSSR count). The number of carbonyl (C=O) groups excluding carboxylic acids is 3. The molecule has 1 aromatic rings. The second-order valence-corrected chi connectivity index (χ2v) is 6.61. The highest BCUT2D eigenvalue weighted by molar-refractivity contribution is 6.23. The van der Waals surface area contributed by atoms with Crippen LogP contribution < -0.4 is 4.90 Å². The van der Waals surface area contributed by atoms with Crippen LogP contribution in [0.25, 0.3) is 0 Å². The van der Waals surface area contributed by atoms with E-state index >= 15 is 0 Å². The number of carbonyl (C=O) groups is 3. The number of methoxy groups -OCH3 is 2. The molecule has 142 valence electrons. The fraction of sp³-hybridized carbons (Fsp3) is 0.474. The Morgan fingerprint density at radius 2 is 1.89 bits per heavy atom. The molecule has 1 atom stereocenters. The Morgan fingerprint density at radius 1 is 1.26 bits per heavy atom. The van der Waals surface area contributed by atoms with Gasteiger partial charge in [0.1, 0.15) is 6.04 Å². The molecule has 27 heavy (non-hydrogen) atoms. The number of imide groups is 1. The summed E-state index contributed by atoms with van der Waals surface area (Å²) in [5.41, 5.74) is 0.823. The predicted octanol–water partition coefficient (Wildman–Crippen LogP) is 1.05. The molecule has 8 nitrogen and oxygen atoms in total. The van der Waals surface area contributed by atoms with Gasteiger partial charge >= 0.3 is 0 Å². The smallest absolute Gasteiger partial charge is 0.257 e. The van der Waals surface area contributed by atoms with E-state index in [1.54, 1.807) is 24.3 Å². The average molecular weight is 371 g/mol. The third-order valence-electron chi connectivity index (χ3n) is 4.83. The van der Waals surface area contributed by atoms with Crippen LogP contribution in [-0.2, 0) is 23.9 Å². The van der Waals surface area contributed by atoms with Crippen molar-refractivity contribution >= 4 is 23.4 Å². The number of hydrogen-bond acceptors (Lipinski definition) is 6. The summed E-state index contributed by atoms with van der Waals surface area (Å²) in [7, 11) is 2.91. The van der Waals surface area contributed by atoms with E-state index in [0.29, 0.717) is 11.3 Å². The minimum Gasteiger partial charge on any atom is -0.354 e. The molecule has 0 bridgehead atoms. The molecule has 1 aliphatic carbocycles. The van der Waals surface area contributed by atoms with Crippen LogP contribution in [0.2, 0.25) is 0 Å². The van der Waals surface area contributed by atoms with Gasteiger partial charge in [-0.2, -0.15) is 5.26 Å². The summed E-state index contributed by atoms with van der Waals surface area (Å²) in [6.07, 6.45) is 0.805. The maximum Gasteiger partial charge on any atom is 0.257 e. The lowest BCUT2D eigenvalue weighted by molar-refractivity contribution is -0.153. The molecule has 0 radical (unpaired) electrons.